The van der Waals surface area contributed by atoms with Crippen LogP contribution in [0.2, 0.25) is 0 Å². The van der Waals surface area contributed by atoms with Gasteiger partial charge >= 0.3 is 0 Å². The van der Waals surface area contributed by atoms with Crippen LogP contribution >= 0.6 is 24.8 Å². The van der Waals surface area contributed by atoms with Crippen LogP contribution in [0.15, 0.2) is 28.8 Å². The van der Waals surface area contributed by atoms with Crippen molar-refractivity contribution < 1.29 is 18.0 Å². The molecule has 1 aliphatic carbocycles. The highest BCUT2D eigenvalue weighted by molar-refractivity contribution is 5.85. The smallest absolute Gasteiger partial charge is 0.220 e. The number of carbonyl (C=O) groups is 1. The molecule has 0 saturated heterocycles. The van der Waals surface area contributed by atoms with Gasteiger partial charge < -0.3 is 15.5 Å². The second-order valence-corrected chi connectivity index (χ2v) is 5.99. The Kier molecular flexibility index (Phi) is 8.46. The molecule has 1 aromatic heterocycles. The van der Waals surface area contributed by atoms with E-state index in [1.54, 1.807) is 0 Å². The summed E-state index contributed by atoms with van der Waals surface area (Å²) in [5.74, 6) is -0.442. The Labute approximate surface area is 162 Å². The van der Waals surface area contributed by atoms with Crippen LogP contribution in [0.4, 0.5) is 8.78 Å². The quantitative estimate of drug-likeness (QED) is 0.737. The topological polar surface area (TPSA) is 81.1 Å². The molecular formula is C17H21Cl2F2N3O2. The fourth-order valence-corrected chi connectivity index (χ4v) is 2.61. The van der Waals surface area contributed by atoms with E-state index in [0.29, 0.717) is 24.8 Å². The Bertz CT molecular complexity index is 739. The molecule has 1 aliphatic rings. The second-order valence-electron chi connectivity index (χ2n) is 5.99. The summed E-state index contributed by atoms with van der Waals surface area (Å²) in [6.45, 7) is 0.434. The number of carbonyl (C=O) groups excluding carboxylic acids is 1. The van der Waals surface area contributed by atoms with E-state index in [2.05, 4.69) is 10.3 Å². The van der Waals surface area contributed by atoms with Crippen molar-refractivity contribution in [1.82, 2.24) is 10.3 Å². The maximum absolute atomic E-state index is 13.7. The van der Waals surface area contributed by atoms with Crippen molar-refractivity contribution in [2.24, 2.45) is 11.7 Å². The van der Waals surface area contributed by atoms with Crippen LogP contribution in [0.5, 0.6) is 0 Å². The summed E-state index contributed by atoms with van der Waals surface area (Å²) in [5, 5.41) is 2.92. The van der Waals surface area contributed by atoms with Crippen molar-refractivity contribution in [3.8, 4) is 11.3 Å². The van der Waals surface area contributed by atoms with Gasteiger partial charge in [0.15, 0.2) is 11.7 Å². The van der Waals surface area contributed by atoms with Gasteiger partial charge in [-0.15, -0.1) is 24.8 Å². The maximum Gasteiger partial charge on any atom is 0.220 e. The highest BCUT2D eigenvalue weighted by Crippen LogP contribution is 2.32. The van der Waals surface area contributed by atoms with Gasteiger partial charge in [-0.05, 0) is 30.9 Å². The zero-order chi connectivity index (χ0) is 17.1. The summed E-state index contributed by atoms with van der Waals surface area (Å²) in [6, 6.07) is 3.27. The van der Waals surface area contributed by atoms with Crippen molar-refractivity contribution in [2.45, 2.75) is 31.7 Å². The predicted octanol–water partition coefficient (Wildman–Crippen LogP) is 3.25. The Hall–Kier alpha value is -1.70. The molecule has 1 fully saturated rings. The SMILES string of the molecule is Cl.Cl.NCC(NC(=O)CCc1ncc(-c2ccc(F)cc2F)o1)C1CC1. The van der Waals surface area contributed by atoms with Crippen molar-refractivity contribution >= 4 is 30.7 Å². The van der Waals surface area contributed by atoms with E-state index in [0.717, 1.165) is 25.0 Å². The molecule has 1 atom stereocenters. The molecule has 9 heteroatoms. The standard InChI is InChI=1S/C17H19F2N3O2.2ClH/c18-11-3-4-12(13(19)7-11)15-9-21-17(24-15)6-5-16(23)22-14(8-20)10-1-2-10;;/h3-4,7,9-10,14H,1-2,5-6,8,20H2,(H,22,23);2*1H. The van der Waals surface area contributed by atoms with E-state index in [9.17, 15) is 13.6 Å². The molecule has 144 valence electrons. The summed E-state index contributed by atoms with van der Waals surface area (Å²) >= 11 is 0. The van der Waals surface area contributed by atoms with Crippen molar-refractivity contribution in [3.63, 3.8) is 0 Å². The van der Waals surface area contributed by atoms with Crippen LogP contribution in [-0.4, -0.2) is 23.5 Å². The van der Waals surface area contributed by atoms with Gasteiger partial charge in [-0.1, -0.05) is 0 Å². The highest BCUT2D eigenvalue weighted by Gasteiger charge is 2.31. The zero-order valence-corrected chi connectivity index (χ0v) is 15.5. The number of amides is 1. The molecule has 5 nitrogen and oxygen atoms in total. The summed E-state index contributed by atoms with van der Waals surface area (Å²) in [7, 11) is 0. The number of rotatable bonds is 7. The fourth-order valence-electron chi connectivity index (χ4n) is 2.61. The van der Waals surface area contributed by atoms with Gasteiger partial charge in [0.05, 0.1) is 11.8 Å². The summed E-state index contributed by atoms with van der Waals surface area (Å²) in [6.07, 6.45) is 4.10. The summed E-state index contributed by atoms with van der Waals surface area (Å²) < 4.78 is 32.1. The van der Waals surface area contributed by atoms with Crippen LogP contribution in [-0.2, 0) is 11.2 Å². The van der Waals surface area contributed by atoms with Crippen molar-refractivity contribution in [1.29, 1.82) is 0 Å². The third-order valence-corrected chi connectivity index (χ3v) is 4.11. The second kappa shape index (κ2) is 9.85. The Morgan fingerprint density at radius 1 is 1.35 bits per heavy atom. The highest BCUT2D eigenvalue weighted by atomic mass is 35.5. The van der Waals surface area contributed by atoms with Crippen LogP contribution in [0.25, 0.3) is 11.3 Å². The molecule has 0 radical (unpaired) electrons. The lowest BCUT2D eigenvalue weighted by atomic mass is 10.1. The first-order valence-electron chi connectivity index (χ1n) is 7.96. The molecule has 0 bridgehead atoms. The Morgan fingerprint density at radius 2 is 2.08 bits per heavy atom. The van der Waals surface area contributed by atoms with Gasteiger partial charge in [0.25, 0.3) is 0 Å². The largest absolute Gasteiger partial charge is 0.441 e. The van der Waals surface area contributed by atoms with Gasteiger partial charge in [-0.2, -0.15) is 0 Å². The summed E-state index contributed by atoms with van der Waals surface area (Å²) in [5.41, 5.74) is 5.79. The number of nitrogens with one attached hydrogen (secondary N) is 1. The van der Waals surface area contributed by atoms with E-state index < -0.39 is 11.6 Å². The lowest BCUT2D eigenvalue weighted by Gasteiger charge is -2.15. The predicted molar refractivity (Wildman–Crippen MR) is 98.4 cm³/mol. The van der Waals surface area contributed by atoms with E-state index >= 15 is 0 Å². The summed E-state index contributed by atoms with van der Waals surface area (Å²) in [4.78, 5) is 16.0. The molecule has 0 aliphatic heterocycles. The van der Waals surface area contributed by atoms with Gasteiger partial charge in [-0.25, -0.2) is 13.8 Å². The molecule has 0 spiro atoms. The minimum Gasteiger partial charge on any atom is -0.441 e. The number of halogens is 4. The first-order valence-corrected chi connectivity index (χ1v) is 7.96. The first-order chi connectivity index (χ1) is 11.6. The molecule has 26 heavy (non-hydrogen) atoms. The Balaban J connectivity index is 0.00000169. The van der Waals surface area contributed by atoms with Crippen LogP contribution in [0.1, 0.15) is 25.2 Å². The molecule has 1 saturated carbocycles. The fraction of sp³-hybridized carbons (Fsp3) is 0.412. The lowest BCUT2D eigenvalue weighted by Crippen LogP contribution is -2.41. The molecule has 1 unspecified atom stereocenters. The number of oxazole rings is 1. The normalized spacial score (nSPS) is 14.1. The number of aromatic nitrogens is 1. The average Bonchev–Trinajstić information content (AvgIpc) is 3.29. The van der Waals surface area contributed by atoms with Crippen molar-refractivity contribution in [2.75, 3.05) is 6.54 Å². The molecule has 1 amide bonds. The first kappa shape index (κ1) is 22.3. The zero-order valence-electron chi connectivity index (χ0n) is 13.9. The molecule has 1 aromatic carbocycles. The number of nitrogens with zero attached hydrogens (tertiary/aromatic N) is 1. The maximum atomic E-state index is 13.7. The molecule has 3 N–H and O–H groups in total. The third-order valence-electron chi connectivity index (χ3n) is 4.11. The molecular weight excluding hydrogens is 387 g/mol. The number of aryl methyl sites for hydroxylation is 1. The number of hydrogen-bond acceptors (Lipinski definition) is 4. The van der Waals surface area contributed by atoms with Gasteiger partial charge in [0.1, 0.15) is 11.6 Å². The van der Waals surface area contributed by atoms with Crippen LogP contribution in [0.3, 0.4) is 0 Å². The van der Waals surface area contributed by atoms with E-state index in [4.69, 9.17) is 10.2 Å². The van der Waals surface area contributed by atoms with Crippen LogP contribution in [0, 0.1) is 17.6 Å². The minimum absolute atomic E-state index is 0. The molecule has 1 heterocycles. The molecule has 2 aromatic rings. The number of nitrogens with two attached hydrogens (primary N) is 1. The minimum atomic E-state index is -0.717. The van der Waals surface area contributed by atoms with Gasteiger partial charge in [0, 0.05) is 31.5 Å². The van der Waals surface area contributed by atoms with Gasteiger partial charge in [0.2, 0.25) is 5.91 Å². The van der Waals surface area contributed by atoms with Gasteiger partial charge in [-0.3, -0.25) is 4.79 Å². The van der Waals surface area contributed by atoms with E-state index in [-0.39, 0.29) is 54.5 Å². The molecule has 3 rings (SSSR count). The van der Waals surface area contributed by atoms with Crippen LogP contribution < -0.4 is 11.1 Å². The third kappa shape index (κ3) is 5.65. The lowest BCUT2D eigenvalue weighted by molar-refractivity contribution is -0.121. The average molecular weight is 408 g/mol. The number of benzene rings is 1. The number of hydrogen-bond donors (Lipinski definition) is 2. The van der Waals surface area contributed by atoms with Crippen molar-refractivity contribution in [3.05, 3.63) is 41.9 Å². The van der Waals surface area contributed by atoms with E-state index in [1.165, 1.54) is 12.3 Å². The monoisotopic (exact) mass is 407 g/mol. The Morgan fingerprint density at radius 3 is 2.69 bits per heavy atom. The van der Waals surface area contributed by atoms with E-state index in [1.807, 2.05) is 0 Å².